The van der Waals surface area contributed by atoms with Gasteiger partial charge >= 0.3 is 0 Å². The van der Waals surface area contributed by atoms with E-state index in [0.29, 0.717) is 5.56 Å². The summed E-state index contributed by atoms with van der Waals surface area (Å²) in [6.45, 7) is 4.01. The minimum Gasteiger partial charge on any atom is -0.351 e. The number of carbonyl (C=O) groups excluding carboxylic acids is 1. The van der Waals surface area contributed by atoms with Crippen LogP contribution in [-0.4, -0.2) is 37.0 Å². The van der Waals surface area contributed by atoms with Crippen molar-refractivity contribution in [3.63, 3.8) is 0 Å². The van der Waals surface area contributed by atoms with Gasteiger partial charge in [0.2, 0.25) is 0 Å². The summed E-state index contributed by atoms with van der Waals surface area (Å²) >= 11 is 8.33. The van der Waals surface area contributed by atoms with Crippen LogP contribution in [0.2, 0.25) is 0 Å². The zero-order valence-electron chi connectivity index (χ0n) is 10.8. The molecule has 1 N–H and O–H groups in total. The third-order valence-corrected chi connectivity index (χ3v) is 5.65. The average molecular weight is 410 g/mol. The molecular weight excluding hydrogens is 392 g/mol. The van der Waals surface area contributed by atoms with E-state index in [1.807, 2.05) is 6.07 Å². The van der Waals surface area contributed by atoms with Crippen LogP contribution in [-0.2, 0) is 0 Å². The van der Waals surface area contributed by atoms with E-state index in [0.717, 1.165) is 20.7 Å². The molecule has 1 fully saturated rings. The van der Waals surface area contributed by atoms with Crippen LogP contribution in [0.1, 0.15) is 36.0 Å². The topological polar surface area (TPSA) is 32.3 Å². The van der Waals surface area contributed by atoms with Crippen molar-refractivity contribution in [3.8, 4) is 0 Å². The van der Waals surface area contributed by atoms with Gasteiger partial charge in [0.05, 0.1) is 13.1 Å². The first-order valence-electron chi connectivity index (χ1n) is 6.62. The molecule has 106 valence electrons. The fraction of sp³-hybridized carbons (Fsp3) is 0.615. The zero-order chi connectivity index (χ0) is 13.7. The van der Waals surface area contributed by atoms with E-state index in [2.05, 4.69) is 42.1 Å². The molecule has 1 aromatic rings. The van der Waals surface area contributed by atoms with Crippen LogP contribution in [0.25, 0.3) is 0 Å². The highest BCUT2D eigenvalue weighted by molar-refractivity contribution is 9.12. The quantitative estimate of drug-likeness (QED) is 0.818. The normalized spacial score (nSPS) is 17.2. The molecule has 1 saturated heterocycles. The number of halogens is 2. The van der Waals surface area contributed by atoms with Gasteiger partial charge < -0.3 is 10.2 Å². The number of nitrogens with one attached hydrogen (secondary N) is 1. The van der Waals surface area contributed by atoms with Gasteiger partial charge in [0.15, 0.2) is 0 Å². The summed E-state index contributed by atoms with van der Waals surface area (Å²) in [5.41, 5.74) is 0.716. The van der Waals surface area contributed by atoms with E-state index in [1.54, 1.807) is 0 Å². The summed E-state index contributed by atoms with van der Waals surface area (Å²) in [7, 11) is 0. The van der Waals surface area contributed by atoms with E-state index in [-0.39, 0.29) is 5.91 Å². The van der Waals surface area contributed by atoms with Crippen LogP contribution in [0.5, 0.6) is 0 Å². The maximum atomic E-state index is 12.0. The molecule has 0 bridgehead atoms. The Morgan fingerprint density at radius 3 is 2.53 bits per heavy atom. The molecule has 1 aliphatic heterocycles. The van der Waals surface area contributed by atoms with Gasteiger partial charge in [-0.2, -0.15) is 0 Å². The third-order valence-electron chi connectivity index (χ3n) is 3.31. The number of likely N-dealkylation sites (tertiary alicyclic amines) is 1. The standard InChI is InChI=1S/C13H18Br2N2OS/c14-11-9-10(12(15)19-11)13(18)16-5-8-17-6-3-1-2-4-7-17/h9H,1-8H2,(H,16,18). The smallest absolute Gasteiger partial charge is 0.253 e. The third kappa shape index (κ3) is 4.85. The van der Waals surface area contributed by atoms with Crippen LogP contribution in [0.3, 0.4) is 0 Å². The van der Waals surface area contributed by atoms with E-state index < -0.39 is 0 Å². The fourth-order valence-electron chi connectivity index (χ4n) is 2.28. The number of nitrogens with zero attached hydrogens (tertiary/aromatic N) is 1. The van der Waals surface area contributed by atoms with Gasteiger partial charge in [-0.15, -0.1) is 11.3 Å². The van der Waals surface area contributed by atoms with Crippen molar-refractivity contribution in [1.29, 1.82) is 0 Å². The molecule has 1 aliphatic rings. The summed E-state index contributed by atoms with van der Waals surface area (Å²) in [4.78, 5) is 14.5. The van der Waals surface area contributed by atoms with Crippen molar-refractivity contribution in [3.05, 3.63) is 19.2 Å². The Morgan fingerprint density at radius 2 is 1.95 bits per heavy atom. The zero-order valence-corrected chi connectivity index (χ0v) is 14.7. The summed E-state index contributed by atoms with van der Waals surface area (Å²) in [5.74, 6) is 0.00338. The molecule has 0 aliphatic carbocycles. The second-order valence-corrected chi connectivity index (χ2v) is 8.50. The van der Waals surface area contributed by atoms with Crippen LogP contribution in [0.15, 0.2) is 13.6 Å². The summed E-state index contributed by atoms with van der Waals surface area (Å²) in [6.07, 6.45) is 5.27. The van der Waals surface area contributed by atoms with Crippen molar-refractivity contribution in [2.45, 2.75) is 25.7 Å². The fourth-order valence-corrected chi connectivity index (χ4v) is 5.07. The largest absolute Gasteiger partial charge is 0.351 e. The predicted octanol–water partition coefficient (Wildman–Crippen LogP) is 3.88. The minimum absolute atomic E-state index is 0.00338. The lowest BCUT2D eigenvalue weighted by Crippen LogP contribution is -2.35. The van der Waals surface area contributed by atoms with Crippen molar-refractivity contribution in [1.82, 2.24) is 10.2 Å². The molecule has 0 radical (unpaired) electrons. The van der Waals surface area contributed by atoms with Crippen molar-refractivity contribution in [2.24, 2.45) is 0 Å². The highest BCUT2D eigenvalue weighted by Gasteiger charge is 2.14. The lowest BCUT2D eigenvalue weighted by Gasteiger charge is -2.19. The van der Waals surface area contributed by atoms with Gasteiger partial charge in [0.25, 0.3) is 5.91 Å². The Labute approximate surface area is 135 Å². The average Bonchev–Trinajstić information content (AvgIpc) is 2.58. The lowest BCUT2D eigenvalue weighted by molar-refractivity contribution is 0.0948. The first kappa shape index (κ1) is 15.5. The van der Waals surface area contributed by atoms with Crippen LogP contribution in [0.4, 0.5) is 0 Å². The first-order chi connectivity index (χ1) is 9.16. The van der Waals surface area contributed by atoms with E-state index in [4.69, 9.17) is 0 Å². The van der Waals surface area contributed by atoms with Gasteiger partial charge in [-0.25, -0.2) is 0 Å². The SMILES string of the molecule is O=C(NCCN1CCCCCC1)c1cc(Br)sc1Br. The van der Waals surface area contributed by atoms with Gasteiger partial charge in [0.1, 0.15) is 0 Å². The second kappa shape index (κ2) is 7.76. The molecule has 19 heavy (non-hydrogen) atoms. The molecule has 3 nitrogen and oxygen atoms in total. The molecule has 0 saturated carbocycles. The number of hydrogen-bond acceptors (Lipinski definition) is 3. The van der Waals surface area contributed by atoms with Crippen molar-refractivity contribution < 1.29 is 4.79 Å². The Hall–Kier alpha value is 0.0900. The number of hydrogen-bond donors (Lipinski definition) is 1. The number of thiophene rings is 1. The Kier molecular flexibility index (Phi) is 6.32. The van der Waals surface area contributed by atoms with E-state index in [9.17, 15) is 4.79 Å². The molecule has 1 amide bonds. The molecule has 6 heteroatoms. The van der Waals surface area contributed by atoms with Gasteiger partial charge in [-0.3, -0.25) is 4.79 Å². The monoisotopic (exact) mass is 408 g/mol. The molecule has 0 aromatic carbocycles. The number of amides is 1. The molecule has 2 rings (SSSR count). The predicted molar refractivity (Wildman–Crippen MR) is 87.0 cm³/mol. The summed E-state index contributed by atoms with van der Waals surface area (Å²) < 4.78 is 1.85. The maximum absolute atomic E-state index is 12.0. The molecular formula is C13H18Br2N2OS. The molecule has 1 aromatic heterocycles. The van der Waals surface area contributed by atoms with E-state index >= 15 is 0 Å². The molecule has 0 unspecified atom stereocenters. The Balaban J connectivity index is 1.76. The Morgan fingerprint density at radius 1 is 1.26 bits per heavy atom. The van der Waals surface area contributed by atoms with Gasteiger partial charge in [-0.1, -0.05) is 12.8 Å². The number of carbonyl (C=O) groups is 1. The first-order valence-corrected chi connectivity index (χ1v) is 9.02. The van der Waals surface area contributed by atoms with Crippen molar-refractivity contribution >= 4 is 49.1 Å². The molecule has 0 atom stereocenters. The summed E-state index contributed by atoms with van der Waals surface area (Å²) in [6, 6.07) is 1.86. The van der Waals surface area contributed by atoms with Crippen LogP contribution in [0, 0.1) is 0 Å². The minimum atomic E-state index is 0.00338. The number of rotatable bonds is 4. The van der Waals surface area contributed by atoms with Gasteiger partial charge in [-0.05, 0) is 63.9 Å². The maximum Gasteiger partial charge on any atom is 0.253 e. The summed E-state index contributed by atoms with van der Waals surface area (Å²) in [5, 5.41) is 3.00. The highest BCUT2D eigenvalue weighted by Crippen LogP contribution is 2.31. The van der Waals surface area contributed by atoms with Crippen LogP contribution < -0.4 is 5.32 Å². The van der Waals surface area contributed by atoms with E-state index in [1.165, 1.54) is 50.1 Å². The second-order valence-electron chi connectivity index (χ2n) is 4.75. The van der Waals surface area contributed by atoms with Crippen molar-refractivity contribution in [2.75, 3.05) is 26.2 Å². The highest BCUT2D eigenvalue weighted by atomic mass is 79.9. The molecule has 0 spiro atoms. The van der Waals surface area contributed by atoms with Crippen LogP contribution >= 0.6 is 43.2 Å². The lowest BCUT2D eigenvalue weighted by atomic mass is 10.2. The Bertz CT molecular complexity index is 428. The molecule has 2 heterocycles. The van der Waals surface area contributed by atoms with Gasteiger partial charge in [0, 0.05) is 13.1 Å².